The van der Waals surface area contributed by atoms with Crippen molar-refractivity contribution < 1.29 is 14.3 Å². The molecule has 1 amide bonds. The Bertz CT molecular complexity index is 872. The quantitative estimate of drug-likeness (QED) is 0.709. The van der Waals surface area contributed by atoms with Gasteiger partial charge in [0.05, 0.1) is 19.9 Å². The van der Waals surface area contributed by atoms with E-state index in [2.05, 4.69) is 10.4 Å². The number of hydrogen-bond acceptors (Lipinski definition) is 4. The average molecular weight is 351 g/mol. The molecule has 6 heteroatoms. The van der Waals surface area contributed by atoms with Gasteiger partial charge in [-0.05, 0) is 42.3 Å². The lowest BCUT2D eigenvalue weighted by Gasteiger charge is -2.10. The maximum atomic E-state index is 12.2. The van der Waals surface area contributed by atoms with Crippen molar-refractivity contribution in [3.05, 3.63) is 71.9 Å². The lowest BCUT2D eigenvalue weighted by atomic mass is 10.2. The molecule has 0 saturated carbocycles. The summed E-state index contributed by atoms with van der Waals surface area (Å²) in [5, 5.41) is 7.10. The lowest BCUT2D eigenvalue weighted by molar-refractivity contribution is -0.118. The van der Waals surface area contributed by atoms with Gasteiger partial charge in [0, 0.05) is 6.07 Å². The van der Waals surface area contributed by atoms with E-state index in [9.17, 15) is 4.79 Å². The number of aromatic nitrogens is 2. The summed E-state index contributed by atoms with van der Waals surface area (Å²) in [5.74, 6) is 1.87. The standard InChI is InChI=1S/C20H21N3O3/c1-15-4-3-5-18(12-15)26-14-20(24)22-19-10-11-21-23(19)13-16-6-8-17(25-2)9-7-16/h3-12H,13-14H2,1-2H3,(H,22,24). The number of ether oxygens (including phenoxy) is 2. The van der Waals surface area contributed by atoms with E-state index in [1.165, 1.54) is 0 Å². The topological polar surface area (TPSA) is 65.4 Å². The monoisotopic (exact) mass is 351 g/mol. The second-order valence-electron chi connectivity index (χ2n) is 5.88. The predicted molar refractivity (Wildman–Crippen MR) is 99.6 cm³/mol. The molecular weight excluding hydrogens is 330 g/mol. The minimum Gasteiger partial charge on any atom is -0.497 e. The van der Waals surface area contributed by atoms with Gasteiger partial charge >= 0.3 is 0 Å². The van der Waals surface area contributed by atoms with Crippen molar-refractivity contribution in [1.82, 2.24) is 9.78 Å². The number of methoxy groups -OCH3 is 1. The molecule has 0 aliphatic heterocycles. The Balaban J connectivity index is 1.58. The van der Waals surface area contributed by atoms with E-state index >= 15 is 0 Å². The minimum absolute atomic E-state index is 0.0584. The lowest BCUT2D eigenvalue weighted by Crippen LogP contribution is -2.22. The molecule has 2 aromatic carbocycles. The number of carbonyl (C=O) groups excluding carboxylic acids is 1. The Morgan fingerprint density at radius 2 is 1.92 bits per heavy atom. The SMILES string of the molecule is COc1ccc(Cn2nccc2NC(=O)COc2cccc(C)c2)cc1. The second-order valence-corrected chi connectivity index (χ2v) is 5.88. The molecule has 1 N–H and O–H groups in total. The van der Waals surface area contributed by atoms with Crippen molar-refractivity contribution in [2.45, 2.75) is 13.5 Å². The molecule has 0 bridgehead atoms. The van der Waals surface area contributed by atoms with E-state index in [4.69, 9.17) is 9.47 Å². The molecule has 1 heterocycles. The average Bonchev–Trinajstić information content (AvgIpc) is 3.07. The highest BCUT2D eigenvalue weighted by atomic mass is 16.5. The second kappa shape index (κ2) is 8.20. The van der Waals surface area contributed by atoms with Crippen LogP contribution < -0.4 is 14.8 Å². The van der Waals surface area contributed by atoms with Crippen molar-refractivity contribution >= 4 is 11.7 Å². The normalized spacial score (nSPS) is 10.4. The van der Waals surface area contributed by atoms with Gasteiger partial charge in [-0.1, -0.05) is 24.3 Å². The number of carbonyl (C=O) groups is 1. The van der Waals surface area contributed by atoms with E-state index < -0.39 is 0 Å². The van der Waals surface area contributed by atoms with Gasteiger partial charge in [-0.3, -0.25) is 4.79 Å². The van der Waals surface area contributed by atoms with E-state index in [-0.39, 0.29) is 12.5 Å². The fourth-order valence-corrected chi connectivity index (χ4v) is 2.50. The summed E-state index contributed by atoms with van der Waals surface area (Å²) in [7, 11) is 1.63. The Morgan fingerprint density at radius 1 is 1.12 bits per heavy atom. The maximum absolute atomic E-state index is 12.2. The molecule has 134 valence electrons. The highest BCUT2D eigenvalue weighted by Crippen LogP contribution is 2.15. The van der Waals surface area contributed by atoms with Crippen LogP contribution in [0.2, 0.25) is 0 Å². The molecule has 26 heavy (non-hydrogen) atoms. The van der Waals surface area contributed by atoms with Crippen molar-refractivity contribution in [2.75, 3.05) is 19.0 Å². The summed E-state index contributed by atoms with van der Waals surface area (Å²) in [6, 6.07) is 17.1. The molecule has 0 aliphatic carbocycles. The first-order valence-corrected chi connectivity index (χ1v) is 8.28. The number of anilines is 1. The smallest absolute Gasteiger partial charge is 0.263 e. The van der Waals surface area contributed by atoms with Crippen molar-refractivity contribution in [3.8, 4) is 11.5 Å². The summed E-state index contributed by atoms with van der Waals surface area (Å²) in [5.41, 5.74) is 2.14. The first-order valence-electron chi connectivity index (χ1n) is 8.28. The molecule has 0 fully saturated rings. The largest absolute Gasteiger partial charge is 0.497 e. The molecule has 0 spiro atoms. The van der Waals surface area contributed by atoms with Crippen LogP contribution in [0.1, 0.15) is 11.1 Å². The van der Waals surface area contributed by atoms with Crippen LogP contribution in [0.3, 0.4) is 0 Å². The molecule has 6 nitrogen and oxygen atoms in total. The Kier molecular flexibility index (Phi) is 5.53. The van der Waals surface area contributed by atoms with E-state index in [1.807, 2.05) is 55.5 Å². The van der Waals surface area contributed by atoms with Gasteiger partial charge in [-0.15, -0.1) is 0 Å². The number of nitrogens with one attached hydrogen (secondary N) is 1. The first kappa shape index (κ1) is 17.5. The molecule has 0 atom stereocenters. The Hall–Kier alpha value is -3.28. The zero-order chi connectivity index (χ0) is 18.4. The third-order valence-electron chi connectivity index (χ3n) is 3.83. The molecule has 3 aromatic rings. The molecule has 3 rings (SSSR count). The maximum Gasteiger partial charge on any atom is 0.263 e. The number of rotatable bonds is 7. The molecule has 0 saturated heterocycles. The van der Waals surface area contributed by atoms with Gasteiger partial charge in [0.25, 0.3) is 5.91 Å². The summed E-state index contributed by atoms with van der Waals surface area (Å²) in [6.45, 7) is 2.47. The van der Waals surface area contributed by atoms with Crippen LogP contribution in [0.5, 0.6) is 11.5 Å². The van der Waals surface area contributed by atoms with Crippen molar-refractivity contribution in [1.29, 1.82) is 0 Å². The van der Waals surface area contributed by atoms with Crippen molar-refractivity contribution in [2.24, 2.45) is 0 Å². The number of nitrogens with zero attached hydrogens (tertiary/aromatic N) is 2. The Labute approximate surface area is 152 Å². The van der Waals surface area contributed by atoms with Gasteiger partial charge in [0.2, 0.25) is 0 Å². The molecule has 0 aliphatic rings. The van der Waals surface area contributed by atoms with Crippen LogP contribution in [-0.4, -0.2) is 29.4 Å². The van der Waals surface area contributed by atoms with Crippen LogP contribution >= 0.6 is 0 Å². The van der Waals surface area contributed by atoms with Gasteiger partial charge in [0.1, 0.15) is 17.3 Å². The number of benzene rings is 2. The minimum atomic E-state index is -0.233. The highest BCUT2D eigenvalue weighted by molar-refractivity contribution is 5.91. The fourth-order valence-electron chi connectivity index (χ4n) is 2.50. The summed E-state index contributed by atoms with van der Waals surface area (Å²) in [6.07, 6.45) is 1.65. The zero-order valence-electron chi connectivity index (χ0n) is 14.8. The summed E-state index contributed by atoms with van der Waals surface area (Å²) in [4.78, 5) is 12.2. The highest BCUT2D eigenvalue weighted by Gasteiger charge is 2.09. The van der Waals surface area contributed by atoms with Crippen LogP contribution in [0.4, 0.5) is 5.82 Å². The molecule has 0 radical (unpaired) electrons. The Morgan fingerprint density at radius 3 is 2.65 bits per heavy atom. The third-order valence-corrected chi connectivity index (χ3v) is 3.83. The van der Waals surface area contributed by atoms with Gasteiger partial charge in [-0.2, -0.15) is 5.10 Å². The molecule has 0 unspecified atom stereocenters. The van der Waals surface area contributed by atoms with Crippen LogP contribution in [-0.2, 0) is 11.3 Å². The summed E-state index contributed by atoms with van der Waals surface area (Å²) >= 11 is 0. The van der Waals surface area contributed by atoms with Crippen LogP contribution in [0.25, 0.3) is 0 Å². The zero-order valence-corrected chi connectivity index (χ0v) is 14.8. The predicted octanol–water partition coefficient (Wildman–Crippen LogP) is 3.27. The van der Waals surface area contributed by atoms with Crippen LogP contribution in [0.15, 0.2) is 60.8 Å². The summed E-state index contributed by atoms with van der Waals surface area (Å²) < 4.78 is 12.4. The third kappa shape index (κ3) is 4.63. The van der Waals surface area contributed by atoms with Crippen molar-refractivity contribution in [3.63, 3.8) is 0 Å². The van der Waals surface area contributed by atoms with Gasteiger partial charge in [-0.25, -0.2) is 4.68 Å². The number of aryl methyl sites for hydroxylation is 1. The first-order chi connectivity index (χ1) is 12.6. The van der Waals surface area contributed by atoms with E-state index in [0.717, 1.165) is 16.9 Å². The number of hydrogen-bond donors (Lipinski definition) is 1. The van der Waals surface area contributed by atoms with E-state index in [0.29, 0.717) is 18.1 Å². The number of amides is 1. The van der Waals surface area contributed by atoms with Gasteiger partial charge < -0.3 is 14.8 Å². The van der Waals surface area contributed by atoms with Crippen LogP contribution in [0, 0.1) is 6.92 Å². The molecule has 1 aromatic heterocycles. The van der Waals surface area contributed by atoms with Gasteiger partial charge in [0.15, 0.2) is 6.61 Å². The van der Waals surface area contributed by atoms with E-state index in [1.54, 1.807) is 24.1 Å². The fraction of sp³-hybridized carbons (Fsp3) is 0.200. The molecular formula is C20H21N3O3.